The van der Waals surface area contributed by atoms with E-state index in [2.05, 4.69) is 20.3 Å². The Bertz CT molecular complexity index is 772. The minimum atomic E-state index is 0.520. The Labute approximate surface area is 129 Å². The molecule has 0 aliphatic heterocycles. The number of ether oxygens (including phenoxy) is 1. The van der Waals surface area contributed by atoms with Crippen LogP contribution in [0.2, 0.25) is 0 Å². The molecular weight excluding hydrogens is 276 g/mol. The zero-order chi connectivity index (χ0) is 15.4. The molecule has 0 amide bonds. The van der Waals surface area contributed by atoms with Gasteiger partial charge in [0, 0.05) is 18.0 Å². The summed E-state index contributed by atoms with van der Waals surface area (Å²) in [7, 11) is 1.65. The molecule has 0 saturated carbocycles. The van der Waals surface area contributed by atoms with Crippen molar-refractivity contribution in [3.05, 3.63) is 60.4 Å². The number of aromatic nitrogens is 3. The highest BCUT2D eigenvalue weighted by Crippen LogP contribution is 2.21. The van der Waals surface area contributed by atoms with Crippen LogP contribution < -0.4 is 10.1 Å². The van der Waals surface area contributed by atoms with Gasteiger partial charge in [-0.1, -0.05) is 0 Å². The number of anilines is 2. The van der Waals surface area contributed by atoms with Crippen molar-refractivity contribution in [2.75, 3.05) is 12.4 Å². The Morgan fingerprint density at radius 2 is 1.73 bits per heavy atom. The molecule has 110 valence electrons. The summed E-state index contributed by atoms with van der Waals surface area (Å²) in [5.74, 6) is 2.07. The first-order valence-electron chi connectivity index (χ1n) is 6.92. The van der Waals surface area contributed by atoms with E-state index in [1.165, 1.54) is 0 Å². The van der Waals surface area contributed by atoms with Crippen LogP contribution in [0.25, 0.3) is 11.3 Å². The lowest BCUT2D eigenvalue weighted by atomic mass is 10.1. The third-order valence-electron chi connectivity index (χ3n) is 3.20. The predicted octanol–water partition coefficient (Wildman–Crippen LogP) is 3.60. The molecule has 0 aliphatic rings. The number of hydrogen-bond donors (Lipinski definition) is 1. The normalized spacial score (nSPS) is 10.3. The van der Waals surface area contributed by atoms with Gasteiger partial charge in [0.05, 0.1) is 12.8 Å². The van der Waals surface area contributed by atoms with Crippen molar-refractivity contribution in [2.24, 2.45) is 0 Å². The highest BCUT2D eigenvalue weighted by atomic mass is 16.5. The first kappa shape index (κ1) is 14.0. The molecule has 2 aromatic heterocycles. The average Bonchev–Trinajstić information content (AvgIpc) is 2.55. The van der Waals surface area contributed by atoms with Crippen molar-refractivity contribution in [3.8, 4) is 17.0 Å². The second kappa shape index (κ2) is 6.22. The smallest absolute Gasteiger partial charge is 0.228 e. The second-order valence-corrected chi connectivity index (χ2v) is 4.84. The molecule has 0 bridgehead atoms. The summed E-state index contributed by atoms with van der Waals surface area (Å²) in [6.45, 7) is 2.02. The summed E-state index contributed by atoms with van der Waals surface area (Å²) in [6, 6.07) is 13.5. The minimum Gasteiger partial charge on any atom is -0.497 e. The zero-order valence-corrected chi connectivity index (χ0v) is 12.4. The Hall–Kier alpha value is -2.95. The fourth-order valence-corrected chi connectivity index (χ4v) is 2.06. The molecule has 5 nitrogen and oxygen atoms in total. The first-order valence-corrected chi connectivity index (χ1v) is 6.92. The predicted molar refractivity (Wildman–Crippen MR) is 86.3 cm³/mol. The van der Waals surface area contributed by atoms with Gasteiger partial charge in [0.2, 0.25) is 5.95 Å². The van der Waals surface area contributed by atoms with E-state index in [4.69, 9.17) is 4.74 Å². The lowest BCUT2D eigenvalue weighted by molar-refractivity contribution is 0.415. The zero-order valence-electron chi connectivity index (χ0n) is 12.4. The highest BCUT2D eigenvalue weighted by Gasteiger charge is 2.04. The number of nitrogens with one attached hydrogen (secondary N) is 1. The molecule has 22 heavy (non-hydrogen) atoms. The van der Waals surface area contributed by atoms with Gasteiger partial charge in [0.25, 0.3) is 0 Å². The molecule has 0 aliphatic carbocycles. The van der Waals surface area contributed by atoms with E-state index in [0.717, 1.165) is 28.4 Å². The summed E-state index contributed by atoms with van der Waals surface area (Å²) in [6.07, 6.45) is 3.48. The van der Waals surface area contributed by atoms with Gasteiger partial charge in [-0.25, -0.2) is 15.0 Å². The van der Waals surface area contributed by atoms with E-state index in [9.17, 15) is 0 Å². The topological polar surface area (TPSA) is 59.9 Å². The molecule has 1 aromatic carbocycles. The summed E-state index contributed by atoms with van der Waals surface area (Å²) < 4.78 is 5.17. The lowest BCUT2D eigenvalue weighted by Crippen LogP contribution is -1.99. The quantitative estimate of drug-likeness (QED) is 0.796. The lowest BCUT2D eigenvalue weighted by Gasteiger charge is -2.07. The molecule has 3 rings (SSSR count). The molecule has 0 fully saturated rings. The molecule has 0 unspecified atom stereocenters. The number of pyridine rings is 1. The third-order valence-corrected chi connectivity index (χ3v) is 3.20. The second-order valence-electron chi connectivity index (χ2n) is 4.84. The van der Waals surface area contributed by atoms with Gasteiger partial charge in [-0.3, -0.25) is 0 Å². The highest BCUT2D eigenvalue weighted by molar-refractivity contribution is 5.62. The fraction of sp³-hybridized carbons (Fsp3) is 0.118. The van der Waals surface area contributed by atoms with Gasteiger partial charge in [-0.05, 0) is 55.0 Å². The molecule has 1 N–H and O–H groups in total. The monoisotopic (exact) mass is 292 g/mol. The van der Waals surface area contributed by atoms with Crippen LogP contribution in [-0.4, -0.2) is 22.1 Å². The number of rotatable bonds is 4. The number of benzene rings is 1. The maximum atomic E-state index is 5.17. The standard InChI is InChI=1S/C17H16N4O/c1-12-7-9-18-16(11-12)21-17-19-10-8-15(20-17)13-3-5-14(22-2)6-4-13/h3-11H,1-2H3,(H,18,19,20,21). The van der Waals surface area contributed by atoms with Crippen LogP contribution in [-0.2, 0) is 0 Å². The van der Waals surface area contributed by atoms with E-state index in [-0.39, 0.29) is 0 Å². The molecule has 0 radical (unpaired) electrons. The van der Waals surface area contributed by atoms with Gasteiger partial charge in [0.1, 0.15) is 11.6 Å². The fourth-order valence-electron chi connectivity index (χ4n) is 2.06. The van der Waals surface area contributed by atoms with Crippen LogP contribution in [0, 0.1) is 6.92 Å². The van der Waals surface area contributed by atoms with Crippen LogP contribution in [0.5, 0.6) is 5.75 Å². The largest absolute Gasteiger partial charge is 0.497 e. The minimum absolute atomic E-state index is 0.520. The Kier molecular flexibility index (Phi) is 3.96. The average molecular weight is 292 g/mol. The van der Waals surface area contributed by atoms with Gasteiger partial charge >= 0.3 is 0 Å². The van der Waals surface area contributed by atoms with Crippen molar-refractivity contribution in [1.82, 2.24) is 15.0 Å². The molecule has 3 aromatic rings. The third kappa shape index (κ3) is 3.20. The number of aryl methyl sites for hydroxylation is 1. The molecule has 0 spiro atoms. The number of methoxy groups -OCH3 is 1. The summed E-state index contributed by atoms with van der Waals surface area (Å²) in [5.41, 5.74) is 2.97. The Morgan fingerprint density at radius 1 is 0.955 bits per heavy atom. The van der Waals surface area contributed by atoms with E-state index in [1.807, 2.05) is 49.4 Å². The van der Waals surface area contributed by atoms with Crippen molar-refractivity contribution >= 4 is 11.8 Å². The van der Waals surface area contributed by atoms with Crippen LogP contribution in [0.1, 0.15) is 5.56 Å². The van der Waals surface area contributed by atoms with Gasteiger partial charge in [-0.15, -0.1) is 0 Å². The summed E-state index contributed by atoms with van der Waals surface area (Å²) >= 11 is 0. The van der Waals surface area contributed by atoms with Gasteiger partial charge < -0.3 is 10.1 Å². The van der Waals surface area contributed by atoms with Crippen molar-refractivity contribution in [1.29, 1.82) is 0 Å². The maximum absolute atomic E-state index is 5.17. The summed E-state index contributed by atoms with van der Waals surface area (Å²) in [4.78, 5) is 13.0. The number of hydrogen-bond acceptors (Lipinski definition) is 5. The van der Waals surface area contributed by atoms with Crippen molar-refractivity contribution in [3.63, 3.8) is 0 Å². The first-order chi connectivity index (χ1) is 10.7. The SMILES string of the molecule is COc1ccc(-c2ccnc(Nc3cc(C)ccn3)n2)cc1. The van der Waals surface area contributed by atoms with Crippen molar-refractivity contribution in [2.45, 2.75) is 6.92 Å². The molecular formula is C17H16N4O. The molecule has 0 saturated heterocycles. The van der Waals surface area contributed by atoms with Crippen LogP contribution >= 0.6 is 0 Å². The van der Waals surface area contributed by atoms with Crippen LogP contribution in [0.15, 0.2) is 54.9 Å². The Morgan fingerprint density at radius 3 is 2.45 bits per heavy atom. The van der Waals surface area contributed by atoms with Gasteiger partial charge in [0.15, 0.2) is 0 Å². The molecule has 0 atom stereocenters. The van der Waals surface area contributed by atoms with E-state index < -0.39 is 0 Å². The van der Waals surface area contributed by atoms with E-state index >= 15 is 0 Å². The van der Waals surface area contributed by atoms with Crippen LogP contribution in [0.4, 0.5) is 11.8 Å². The molecule has 5 heteroatoms. The Balaban J connectivity index is 1.85. The molecule has 2 heterocycles. The maximum Gasteiger partial charge on any atom is 0.228 e. The van der Waals surface area contributed by atoms with E-state index in [1.54, 1.807) is 19.5 Å². The van der Waals surface area contributed by atoms with Crippen molar-refractivity contribution < 1.29 is 4.74 Å². The van der Waals surface area contributed by atoms with Gasteiger partial charge in [-0.2, -0.15) is 0 Å². The van der Waals surface area contributed by atoms with Crippen LogP contribution in [0.3, 0.4) is 0 Å². The number of nitrogens with zero attached hydrogens (tertiary/aromatic N) is 3. The van der Waals surface area contributed by atoms with E-state index in [0.29, 0.717) is 5.95 Å². The summed E-state index contributed by atoms with van der Waals surface area (Å²) in [5, 5.41) is 3.12.